The summed E-state index contributed by atoms with van der Waals surface area (Å²) in [7, 11) is 0. The van der Waals surface area contributed by atoms with E-state index in [0.717, 1.165) is 0 Å². The maximum Gasteiger partial charge on any atom is 0.270 e. The van der Waals surface area contributed by atoms with Crippen LogP contribution in [-0.2, 0) is 11.2 Å². The van der Waals surface area contributed by atoms with E-state index in [-0.39, 0.29) is 41.6 Å². The molecule has 1 aromatic rings. The smallest absolute Gasteiger partial charge is 0.270 e. The number of nitrogens with zero attached hydrogens (tertiary/aromatic N) is 1. The van der Waals surface area contributed by atoms with Gasteiger partial charge in [0.2, 0.25) is 5.91 Å². The van der Waals surface area contributed by atoms with E-state index in [9.17, 15) is 14.9 Å². The molecule has 0 saturated carbocycles. The predicted octanol–water partition coefficient (Wildman–Crippen LogP) is 1.92. The van der Waals surface area contributed by atoms with Crippen LogP contribution < -0.4 is 5.32 Å². The van der Waals surface area contributed by atoms with Gasteiger partial charge in [-0.2, -0.15) is 0 Å². The lowest BCUT2D eigenvalue weighted by molar-refractivity contribution is -0.384. The Bertz CT molecular complexity index is 507. The molecule has 20 heavy (non-hydrogen) atoms. The van der Waals surface area contributed by atoms with Crippen molar-refractivity contribution < 1.29 is 14.8 Å². The molecule has 110 valence electrons. The third-order valence-corrected chi connectivity index (χ3v) is 3.48. The molecule has 0 spiro atoms. The SMILES string of the molecule is CC(CO)C(C)NC(=O)Cc1ccc([N+](=O)[O-])cc1Cl. The lowest BCUT2D eigenvalue weighted by Gasteiger charge is -2.19. The molecule has 1 rings (SSSR count). The lowest BCUT2D eigenvalue weighted by Crippen LogP contribution is -2.39. The number of carbonyl (C=O) groups is 1. The molecule has 2 N–H and O–H groups in total. The van der Waals surface area contributed by atoms with E-state index >= 15 is 0 Å². The summed E-state index contributed by atoms with van der Waals surface area (Å²) in [6.07, 6.45) is 0.0410. The molecular weight excluding hydrogens is 284 g/mol. The molecule has 0 bridgehead atoms. The molecule has 0 fully saturated rings. The third kappa shape index (κ3) is 4.47. The summed E-state index contributed by atoms with van der Waals surface area (Å²) in [5.74, 6) is -0.292. The van der Waals surface area contributed by atoms with Crippen LogP contribution in [0, 0.1) is 16.0 Å². The van der Waals surface area contributed by atoms with Gasteiger partial charge in [-0.1, -0.05) is 24.6 Å². The van der Waals surface area contributed by atoms with Gasteiger partial charge in [0.15, 0.2) is 0 Å². The van der Waals surface area contributed by atoms with Gasteiger partial charge in [0.1, 0.15) is 0 Å². The van der Waals surface area contributed by atoms with E-state index in [1.54, 1.807) is 6.92 Å². The summed E-state index contributed by atoms with van der Waals surface area (Å²) in [4.78, 5) is 21.9. The van der Waals surface area contributed by atoms with Crippen molar-refractivity contribution in [3.8, 4) is 0 Å². The van der Waals surface area contributed by atoms with Gasteiger partial charge in [0, 0.05) is 24.8 Å². The molecule has 1 aromatic carbocycles. The Labute approximate surface area is 121 Å². The standard InChI is InChI=1S/C13H17ClN2O4/c1-8(7-17)9(2)15-13(18)5-10-3-4-11(16(19)20)6-12(10)14/h3-4,6,8-9,17H,5,7H2,1-2H3,(H,15,18). The van der Waals surface area contributed by atoms with Gasteiger partial charge in [-0.15, -0.1) is 0 Å². The van der Waals surface area contributed by atoms with Crippen LogP contribution in [0.3, 0.4) is 0 Å². The molecule has 0 aliphatic carbocycles. The van der Waals surface area contributed by atoms with Crippen LogP contribution in [0.4, 0.5) is 5.69 Å². The minimum atomic E-state index is -0.541. The highest BCUT2D eigenvalue weighted by atomic mass is 35.5. The van der Waals surface area contributed by atoms with Gasteiger partial charge in [-0.25, -0.2) is 0 Å². The number of amides is 1. The van der Waals surface area contributed by atoms with Crippen molar-refractivity contribution in [3.63, 3.8) is 0 Å². The first-order valence-electron chi connectivity index (χ1n) is 6.18. The Hall–Kier alpha value is -1.66. The Morgan fingerprint density at radius 1 is 1.50 bits per heavy atom. The Morgan fingerprint density at radius 3 is 2.65 bits per heavy atom. The molecule has 0 aliphatic rings. The molecule has 2 atom stereocenters. The fourth-order valence-corrected chi connectivity index (χ4v) is 1.81. The van der Waals surface area contributed by atoms with Crippen LogP contribution >= 0.6 is 11.6 Å². The van der Waals surface area contributed by atoms with Gasteiger partial charge < -0.3 is 10.4 Å². The number of aliphatic hydroxyl groups is 1. The molecular formula is C13H17ClN2O4. The minimum Gasteiger partial charge on any atom is -0.396 e. The average Bonchev–Trinajstić information content (AvgIpc) is 2.39. The Morgan fingerprint density at radius 2 is 2.15 bits per heavy atom. The molecule has 0 heterocycles. The predicted molar refractivity (Wildman–Crippen MR) is 75.7 cm³/mol. The zero-order valence-electron chi connectivity index (χ0n) is 11.3. The number of rotatable bonds is 6. The number of carbonyl (C=O) groups excluding carboxylic acids is 1. The summed E-state index contributed by atoms with van der Waals surface area (Å²) in [6.45, 7) is 3.61. The van der Waals surface area contributed by atoms with Gasteiger partial charge in [-0.05, 0) is 18.4 Å². The molecule has 0 radical (unpaired) electrons. The highest BCUT2D eigenvalue weighted by Crippen LogP contribution is 2.22. The topological polar surface area (TPSA) is 92.5 Å². The summed E-state index contributed by atoms with van der Waals surface area (Å²) >= 11 is 5.92. The van der Waals surface area contributed by atoms with Gasteiger partial charge in [-0.3, -0.25) is 14.9 Å². The van der Waals surface area contributed by atoms with Gasteiger partial charge in [0.05, 0.1) is 16.4 Å². The van der Waals surface area contributed by atoms with E-state index in [0.29, 0.717) is 5.56 Å². The van der Waals surface area contributed by atoms with Crippen molar-refractivity contribution in [2.45, 2.75) is 26.3 Å². The number of hydrogen-bond acceptors (Lipinski definition) is 4. The first-order valence-corrected chi connectivity index (χ1v) is 6.56. The van der Waals surface area contributed by atoms with Crippen LogP contribution in [0.15, 0.2) is 18.2 Å². The number of non-ortho nitro benzene ring substituents is 1. The molecule has 7 heteroatoms. The van der Waals surface area contributed by atoms with E-state index in [1.165, 1.54) is 18.2 Å². The second-order valence-corrected chi connectivity index (χ2v) is 5.13. The summed E-state index contributed by atoms with van der Waals surface area (Å²) < 4.78 is 0. The van der Waals surface area contributed by atoms with E-state index in [2.05, 4.69) is 5.32 Å². The monoisotopic (exact) mass is 300 g/mol. The van der Waals surface area contributed by atoms with E-state index < -0.39 is 4.92 Å². The quantitative estimate of drug-likeness (QED) is 0.620. The normalized spacial score (nSPS) is 13.6. The first-order chi connectivity index (χ1) is 9.35. The lowest BCUT2D eigenvalue weighted by atomic mass is 10.0. The largest absolute Gasteiger partial charge is 0.396 e. The molecule has 1 amide bonds. The van der Waals surface area contributed by atoms with Crippen LogP contribution in [0.25, 0.3) is 0 Å². The fraction of sp³-hybridized carbons (Fsp3) is 0.462. The molecule has 6 nitrogen and oxygen atoms in total. The van der Waals surface area contributed by atoms with Crippen LogP contribution in [0.2, 0.25) is 5.02 Å². The number of benzene rings is 1. The number of hydrogen-bond donors (Lipinski definition) is 2. The number of nitro groups is 1. The summed E-state index contributed by atoms with van der Waals surface area (Å²) in [5, 5.41) is 22.5. The third-order valence-electron chi connectivity index (χ3n) is 3.13. The number of aliphatic hydroxyl groups excluding tert-OH is 1. The molecule has 0 aromatic heterocycles. The molecule has 2 unspecified atom stereocenters. The first kappa shape index (κ1) is 16.4. The maximum absolute atomic E-state index is 11.8. The maximum atomic E-state index is 11.8. The second-order valence-electron chi connectivity index (χ2n) is 4.73. The van der Waals surface area contributed by atoms with Crippen LogP contribution in [-0.4, -0.2) is 28.6 Å². The van der Waals surface area contributed by atoms with Gasteiger partial charge >= 0.3 is 0 Å². The van der Waals surface area contributed by atoms with Crippen molar-refractivity contribution in [2.24, 2.45) is 5.92 Å². The number of halogens is 1. The molecule has 0 aliphatic heterocycles. The number of nitro benzene ring substituents is 1. The van der Waals surface area contributed by atoms with Crippen molar-refractivity contribution in [1.29, 1.82) is 0 Å². The average molecular weight is 301 g/mol. The van der Waals surface area contributed by atoms with E-state index in [1.807, 2.05) is 6.92 Å². The Balaban J connectivity index is 2.69. The van der Waals surface area contributed by atoms with Gasteiger partial charge in [0.25, 0.3) is 5.69 Å². The minimum absolute atomic E-state index is 0.0142. The number of nitrogens with one attached hydrogen (secondary N) is 1. The van der Waals surface area contributed by atoms with Crippen molar-refractivity contribution in [1.82, 2.24) is 5.32 Å². The zero-order chi connectivity index (χ0) is 15.3. The van der Waals surface area contributed by atoms with Crippen molar-refractivity contribution >= 4 is 23.2 Å². The summed E-state index contributed by atoms with van der Waals surface area (Å²) in [5.41, 5.74) is 0.417. The fourth-order valence-electron chi connectivity index (χ4n) is 1.57. The summed E-state index contributed by atoms with van der Waals surface area (Å²) in [6, 6.07) is 3.85. The Kier molecular flexibility index (Phi) is 5.91. The highest BCUT2D eigenvalue weighted by Gasteiger charge is 2.16. The van der Waals surface area contributed by atoms with Crippen molar-refractivity contribution in [2.75, 3.05) is 6.61 Å². The molecule has 0 saturated heterocycles. The van der Waals surface area contributed by atoms with E-state index in [4.69, 9.17) is 16.7 Å². The van der Waals surface area contributed by atoms with Crippen LogP contribution in [0.1, 0.15) is 19.4 Å². The van der Waals surface area contributed by atoms with Crippen LogP contribution in [0.5, 0.6) is 0 Å². The second kappa shape index (κ2) is 7.21. The highest BCUT2D eigenvalue weighted by molar-refractivity contribution is 6.31. The zero-order valence-corrected chi connectivity index (χ0v) is 12.1. The van der Waals surface area contributed by atoms with Crippen molar-refractivity contribution in [3.05, 3.63) is 38.9 Å².